The van der Waals surface area contributed by atoms with Gasteiger partial charge < -0.3 is 14.3 Å². The topological polar surface area (TPSA) is 72.6 Å². The molecule has 1 aliphatic carbocycles. The van der Waals surface area contributed by atoms with Gasteiger partial charge in [-0.25, -0.2) is 9.78 Å². The standard InChI is InChI=1S/C30H25NO4/c1-17-14-15-26(34-25-13-7-9-19-8-3-4-11-21(19)25)27-22(30(32)33)16-23(31-28(17)27)29-18(2)20-10-5-6-12-24(20)35-29/h3-6,8,10-12,14-16,25H,7,9,13H2,1-2H3,(H,32,33)/t25-/m1/s1. The Morgan fingerprint density at radius 3 is 2.69 bits per heavy atom. The zero-order chi connectivity index (χ0) is 24.1. The summed E-state index contributed by atoms with van der Waals surface area (Å²) < 4.78 is 12.6. The number of rotatable bonds is 4. The van der Waals surface area contributed by atoms with E-state index in [0.29, 0.717) is 28.1 Å². The molecule has 3 aromatic carbocycles. The fraction of sp³-hybridized carbons (Fsp3) is 0.200. The predicted octanol–water partition coefficient (Wildman–Crippen LogP) is 7.42. The molecule has 5 nitrogen and oxygen atoms in total. The third-order valence-corrected chi connectivity index (χ3v) is 7.01. The molecule has 2 heterocycles. The number of carboxylic acids is 1. The highest BCUT2D eigenvalue weighted by Gasteiger charge is 2.25. The van der Waals surface area contributed by atoms with Crippen LogP contribution in [0.15, 0.2) is 71.1 Å². The van der Waals surface area contributed by atoms with E-state index < -0.39 is 5.97 Å². The van der Waals surface area contributed by atoms with Crippen molar-refractivity contribution in [2.75, 3.05) is 0 Å². The highest BCUT2D eigenvalue weighted by molar-refractivity contribution is 6.07. The lowest BCUT2D eigenvalue weighted by Crippen LogP contribution is -2.15. The van der Waals surface area contributed by atoms with Crippen LogP contribution in [0.1, 0.15) is 51.6 Å². The third kappa shape index (κ3) is 3.55. The second-order valence-electron chi connectivity index (χ2n) is 9.21. The van der Waals surface area contributed by atoms with E-state index in [2.05, 4.69) is 18.2 Å². The maximum atomic E-state index is 12.5. The van der Waals surface area contributed by atoms with E-state index in [1.165, 1.54) is 11.1 Å². The van der Waals surface area contributed by atoms with Crippen molar-refractivity contribution < 1.29 is 19.1 Å². The van der Waals surface area contributed by atoms with E-state index in [-0.39, 0.29) is 11.7 Å². The molecule has 5 aromatic rings. The van der Waals surface area contributed by atoms with E-state index in [1.807, 2.05) is 56.3 Å². The van der Waals surface area contributed by atoms with E-state index in [1.54, 1.807) is 6.07 Å². The minimum absolute atomic E-state index is 0.121. The zero-order valence-electron chi connectivity index (χ0n) is 19.7. The fourth-order valence-corrected chi connectivity index (χ4v) is 5.23. The molecule has 174 valence electrons. The van der Waals surface area contributed by atoms with Gasteiger partial charge in [-0.1, -0.05) is 48.5 Å². The van der Waals surface area contributed by atoms with E-state index in [4.69, 9.17) is 14.1 Å². The number of aryl methyl sites for hydroxylation is 3. The number of hydrogen-bond acceptors (Lipinski definition) is 4. The number of carbonyl (C=O) groups is 1. The van der Waals surface area contributed by atoms with Gasteiger partial charge in [-0.2, -0.15) is 0 Å². The highest BCUT2D eigenvalue weighted by Crippen LogP contribution is 2.40. The molecule has 0 saturated carbocycles. The number of benzene rings is 3. The number of furan rings is 1. The number of pyridine rings is 1. The van der Waals surface area contributed by atoms with Crippen molar-refractivity contribution >= 4 is 27.8 Å². The molecule has 1 N–H and O–H groups in total. The summed E-state index contributed by atoms with van der Waals surface area (Å²) in [6.45, 7) is 3.91. The van der Waals surface area contributed by atoms with Crippen LogP contribution >= 0.6 is 0 Å². The van der Waals surface area contributed by atoms with Gasteiger partial charge in [0.05, 0.1) is 16.5 Å². The van der Waals surface area contributed by atoms with Crippen LogP contribution in [0.3, 0.4) is 0 Å². The van der Waals surface area contributed by atoms with Gasteiger partial charge in [0.2, 0.25) is 0 Å². The Labute approximate surface area is 203 Å². The quantitative estimate of drug-likeness (QED) is 0.300. The molecule has 1 aliphatic rings. The molecule has 35 heavy (non-hydrogen) atoms. The summed E-state index contributed by atoms with van der Waals surface area (Å²) in [6.07, 6.45) is 2.83. The lowest BCUT2D eigenvalue weighted by atomic mass is 9.89. The predicted molar refractivity (Wildman–Crippen MR) is 136 cm³/mol. The van der Waals surface area contributed by atoms with Crippen molar-refractivity contribution in [1.82, 2.24) is 4.98 Å². The van der Waals surface area contributed by atoms with Crippen LogP contribution in [-0.4, -0.2) is 16.1 Å². The Balaban J connectivity index is 1.53. The largest absolute Gasteiger partial charge is 0.485 e. The number of para-hydroxylation sites is 1. The van der Waals surface area contributed by atoms with Gasteiger partial charge in [-0.15, -0.1) is 0 Å². The van der Waals surface area contributed by atoms with E-state index >= 15 is 0 Å². The van der Waals surface area contributed by atoms with Crippen LogP contribution in [0, 0.1) is 13.8 Å². The van der Waals surface area contributed by atoms with Gasteiger partial charge in [0.1, 0.15) is 23.1 Å². The average molecular weight is 464 g/mol. The van der Waals surface area contributed by atoms with Crippen LogP contribution in [0.25, 0.3) is 33.3 Å². The van der Waals surface area contributed by atoms with Crippen molar-refractivity contribution in [3.05, 3.63) is 94.5 Å². The van der Waals surface area contributed by atoms with Crippen LogP contribution < -0.4 is 4.74 Å². The molecule has 0 bridgehead atoms. The van der Waals surface area contributed by atoms with Gasteiger partial charge in [0, 0.05) is 10.9 Å². The normalized spacial score (nSPS) is 15.3. The molecule has 0 aliphatic heterocycles. The molecule has 0 radical (unpaired) electrons. The second-order valence-corrected chi connectivity index (χ2v) is 9.21. The van der Waals surface area contributed by atoms with E-state index in [9.17, 15) is 9.90 Å². The highest BCUT2D eigenvalue weighted by atomic mass is 16.5. The Kier molecular flexibility index (Phi) is 5.06. The second kappa shape index (κ2) is 8.27. The summed E-state index contributed by atoms with van der Waals surface area (Å²) in [4.78, 5) is 17.4. The summed E-state index contributed by atoms with van der Waals surface area (Å²) in [6, 6.07) is 21.5. The minimum Gasteiger partial charge on any atom is -0.485 e. The van der Waals surface area contributed by atoms with Crippen molar-refractivity contribution in [2.45, 2.75) is 39.2 Å². The Hall–Kier alpha value is -4.12. The first-order chi connectivity index (χ1) is 17.0. The molecule has 0 unspecified atom stereocenters. The number of carboxylic acid groups (broad SMARTS) is 1. The fourth-order valence-electron chi connectivity index (χ4n) is 5.23. The lowest BCUT2D eigenvalue weighted by Gasteiger charge is -2.27. The van der Waals surface area contributed by atoms with Gasteiger partial charge in [0.15, 0.2) is 5.76 Å². The number of aromatic nitrogens is 1. The first-order valence-corrected chi connectivity index (χ1v) is 11.9. The van der Waals surface area contributed by atoms with Crippen LogP contribution in [0.5, 0.6) is 5.75 Å². The van der Waals surface area contributed by atoms with E-state index in [0.717, 1.165) is 41.4 Å². The number of hydrogen-bond donors (Lipinski definition) is 1. The molecule has 1 atom stereocenters. The molecule has 5 heteroatoms. The van der Waals surface area contributed by atoms with Crippen molar-refractivity contribution in [1.29, 1.82) is 0 Å². The van der Waals surface area contributed by atoms with Crippen LogP contribution in [0.4, 0.5) is 0 Å². The molecule has 6 rings (SSSR count). The Morgan fingerprint density at radius 1 is 1.06 bits per heavy atom. The number of nitrogens with zero attached hydrogens (tertiary/aromatic N) is 1. The van der Waals surface area contributed by atoms with Gasteiger partial charge in [-0.05, 0) is 68.0 Å². The monoisotopic (exact) mass is 463 g/mol. The Morgan fingerprint density at radius 2 is 1.86 bits per heavy atom. The molecule has 0 amide bonds. The van der Waals surface area contributed by atoms with Crippen molar-refractivity contribution in [3.63, 3.8) is 0 Å². The summed E-state index contributed by atoms with van der Waals surface area (Å²) in [5.41, 5.74) is 6.32. The molecule has 0 saturated heterocycles. The average Bonchev–Trinajstić information content (AvgIpc) is 3.22. The molecular formula is C30H25NO4. The summed E-state index contributed by atoms with van der Waals surface area (Å²) in [5.74, 6) is 0.111. The van der Waals surface area contributed by atoms with Crippen LogP contribution in [-0.2, 0) is 6.42 Å². The maximum absolute atomic E-state index is 12.5. The van der Waals surface area contributed by atoms with Crippen molar-refractivity contribution in [2.24, 2.45) is 0 Å². The number of ether oxygens (including phenoxy) is 1. The van der Waals surface area contributed by atoms with Crippen molar-refractivity contribution in [3.8, 4) is 17.2 Å². The SMILES string of the molecule is Cc1c(-c2cc(C(=O)O)c3c(O[C@@H]4CCCc5ccccc54)ccc(C)c3n2)oc2ccccc12. The van der Waals surface area contributed by atoms with Gasteiger partial charge in [-0.3, -0.25) is 0 Å². The summed E-state index contributed by atoms with van der Waals surface area (Å²) in [7, 11) is 0. The van der Waals surface area contributed by atoms with Crippen LogP contribution in [0.2, 0.25) is 0 Å². The maximum Gasteiger partial charge on any atom is 0.336 e. The van der Waals surface area contributed by atoms with Gasteiger partial charge >= 0.3 is 5.97 Å². The first-order valence-electron chi connectivity index (χ1n) is 11.9. The minimum atomic E-state index is -1.02. The molecule has 0 spiro atoms. The Bertz CT molecular complexity index is 1610. The number of fused-ring (bicyclic) bond motifs is 3. The zero-order valence-corrected chi connectivity index (χ0v) is 19.7. The first kappa shape index (κ1) is 21.4. The smallest absolute Gasteiger partial charge is 0.336 e. The number of aromatic carboxylic acids is 1. The third-order valence-electron chi connectivity index (χ3n) is 7.01. The molecular weight excluding hydrogens is 438 g/mol. The summed E-state index contributed by atoms with van der Waals surface area (Å²) >= 11 is 0. The lowest BCUT2D eigenvalue weighted by molar-refractivity contribution is 0.0698. The molecule has 0 fully saturated rings. The molecule has 2 aromatic heterocycles. The van der Waals surface area contributed by atoms with Gasteiger partial charge in [0.25, 0.3) is 0 Å². The summed E-state index contributed by atoms with van der Waals surface area (Å²) in [5, 5.41) is 11.7.